The standard InChI is InChI=1S/C16H21N3O/c1-12(17-2)11-19-16(20)8-7-13-9-10-18-15-6-4-3-5-14(13)15/h3-6,9-10,12,17H,7-8,11H2,1-2H3,(H,19,20). The van der Waals surface area contributed by atoms with Crippen molar-refractivity contribution in [1.29, 1.82) is 0 Å². The minimum Gasteiger partial charge on any atom is -0.355 e. The fourth-order valence-electron chi connectivity index (χ4n) is 2.08. The number of benzene rings is 1. The number of aryl methyl sites for hydroxylation is 1. The van der Waals surface area contributed by atoms with E-state index in [2.05, 4.69) is 21.7 Å². The Morgan fingerprint density at radius 1 is 1.30 bits per heavy atom. The Morgan fingerprint density at radius 3 is 2.90 bits per heavy atom. The molecule has 0 bridgehead atoms. The summed E-state index contributed by atoms with van der Waals surface area (Å²) in [4.78, 5) is 16.1. The summed E-state index contributed by atoms with van der Waals surface area (Å²) >= 11 is 0. The molecular formula is C16H21N3O. The fourth-order valence-corrected chi connectivity index (χ4v) is 2.08. The van der Waals surface area contributed by atoms with Crippen LogP contribution in [0.2, 0.25) is 0 Å². The lowest BCUT2D eigenvalue weighted by molar-refractivity contribution is -0.121. The molecule has 20 heavy (non-hydrogen) atoms. The molecule has 0 spiro atoms. The summed E-state index contributed by atoms with van der Waals surface area (Å²) in [5, 5.41) is 7.16. The first-order valence-corrected chi connectivity index (χ1v) is 6.97. The van der Waals surface area contributed by atoms with E-state index in [1.165, 1.54) is 5.56 Å². The Balaban J connectivity index is 1.94. The summed E-state index contributed by atoms with van der Waals surface area (Å²) in [6.07, 6.45) is 3.05. The summed E-state index contributed by atoms with van der Waals surface area (Å²) < 4.78 is 0. The predicted molar refractivity (Wildman–Crippen MR) is 81.6 cm³/mol. The first-order valence-electron chi connectivity index (χ1n) is 6.97. The molecule has 0 saturated heterocycles. The van der Waals surface area contributed by atoms with E-state index < -0.39 is 0 Å². The maximum atomic E-state index is 11.8. The highest BCUT2D eigenvalue weighted by Crippen LogP contribution is 2.17. The average molecular weight is 271 g/mol. The molecule has 1 aromatic carbocycles. The number of amides is 1. The van der Waals surface area contributed by atoms with E-state index in [9.17, 15) is 4.79 Å². The molecule has 4 nitrogen and oxygen atoms in total. The number of likely N-dealkylation sites (N-methyl/N-ethyl adjacent to an activating group) is 1. The molecule has 1 amide bonds. The Bertz CT molecular complexity index is 577. The highest BCUT2D eigenvalue weighted by molar-refractivity contribution is 5.83. The van der Waals surface area contributed by atoms with Crippen LogP contribution in [0.1, 0.15) is 18.9 Å². The van der Waals surface area contributed by atoms with Crippen molar-refractivity contribution < 1.29 is 4.79 Å². The Labute approximate surface area is 119 Å². The molecule has 1 heterocycles. The number of hydrogen-bond acceptors (Lipinski definition) is 3. The van der Waals surface area contributed by atoms with Gasteiger partial charge < -0.3 is 10.6 Å². The van der Waals surface area contributed by atoms with Gasteiger partial charge in [-0.2, -0.15) is 0 Å². The van der Waals surface area contributed by atoms with E-state index >= 15 is 0 Å². The first-order chi connectivity index (χ1) is 9.70. The molecule has 2 N–H and O–H groups in total. The lowest BCUT2D eigenvalue weighted by atomic mass is 10.0. The van der Waals surface area contributed by atoms with Gasteiger partial charge in [-0.3, -0.25) is 9.78 Å². The summed E-state index contributed by atoms with van der Waals surface area (Å²) in [7, 11) is 1.89. The van der Waals surface area contributed by atoms with Gasteiger partial charge in [-0.15, -0.1) is 0 Å². The van der Waals surface area contributed by atoms with Crippen LogP contribution >= 0.6 is 0 Å². The lowest BCUT2D eigenvalue weighted by Gasteiger charge is -2.11. The van der Waals surface area contributed by atoms with Gasteiger partial charge >= 0.3 is 0 Å². The average Bonchev–Trinajstić information content (AvgIpc) is 2.50. The van der Waals surface area contributed by atoms with Gasteiger partial charge in [0.1, 0.15) is 0 Å². The highest BCUT2D eigenvalue weighted by Gasteiger charge is 2.06. The van der Waals surface area contributed by atoms with Crippen LogP contribution < -0.4 is 10.6 Å². The molecule has 1 unspecified atom stereocenters. The minimum atomic E-state index is 0.0907. The number of para-hydroxylation sites is 1. The number of fused-ring (bicyclic) bond motifs is 1. The van der Waals surface area contributed by atoms with E-state index in [1.807, 2.05) is 38.2 Å². The van der Waals surface area contributed by atoms with Crippen molar-refractivity contribution in [2.45, 2.75) is 25.8 Å². The summed E-state index contributed by atoms with van der Waals surface area (Å²) in [6.45, 7) is 2.70. The molecule has 106 valence electrons. The van der Waals surface area contributed by atoms with Gasteiger partial charge in [0.05, 0.1) is 5.52 Å². The van der Waals surface area contributed by atoms with Crippen LogP contribution in [0.4, 0.5) is 0 Å². The van der Waals surface area contributed by atoms with Crippen molar-refractivity contribution in [3.63, 3.8) is 0 Å². The maximum absolute atomic E-state index is 11.8. The van der Waals surface area contributed by atoms with Gasteiger partial charge in [-0.25, -0.2) is 0 Å². The van der Waals surface area contributed by atoms with Crippen LogP contribution in [0.15, 0.2) is 36.5 Å². The molecular weight excluding hydrogens is 250 g/mol. The van der Waals surface area contributed by atoms with Gasteiger partial charge in [0.2, 0.25) is 5.91 Å². The number of pyridine rings is 1. The zero-order chi connectivity index (χ0) is 14.4. The minimum absolute atomic E-state index is 0.0907. The van der Waals surface area contributed by atoms with Gasteiger partial charge in [-0.1, -0.05) is 18.2 Å². The van der Waals surface area contributed by atoms with Gasteiger partial charge in [-0.05, 0) is 38.1 Å². The van der Waals surface area contributed by atoms with Crippen molar-refractivity contribution in [2.24, 2.45) is 0 Å². The molecule has 4 heteroatoms. The van der Waals surface area contributed by atoms with Crippen molar-refractivity contribution in [3.8, 4) is 0 Å². The van der Waals surface area contributed by atoms with Crippen molar-refractivity contribution in [3.05, 3.63) is 42.1 Å². The topological polar surface area (TPSA) is 54.0 Å². The molecule has 2 aromatic rings. The van der Waals surface area contributed by atoms with E-state index in [4.69, 9.17) is 0 Å². The third-order valence-corrected chi connectivity index (χ3v) is 3.46. The van der Waals surface area contributed by atoms with Crippen LogP contribution in [0.3, 0.4) is 0 Å². The van der Waals surface area contributed by atoms with Crippen LogP contribution in [-0.4, -0.2) is 30.5 Å². The second-order valence-corrected chi connectivity index (χ2v) is 4.98. The lowest BCUT2D eigenvalue weighted by Crippen LogP contribution is -2.37. The molecule has 1 aromatic heterocycles. The van der Waals surface area contributed by atoms with Crippen LogP contribution in [0.25, 0.3) is 10.9 Å². The summed E-state index contributed by atoms with van der Waals surface area (Å²) in [5.74, 6) is 0.0907. The van der Waals surface area contributed by atoms with Gasteiger partial charge in [0.25, 0.3) is 0 Å². The molecule has 0 fully saturated rings. The van der Waals surface area contributed by atoms with E-state index in [0.29, 0.717) is 19.0 Å². The monoisotopic (exact) mass is 271 g/mol. The number of rotatable bonds is 6. The summed E-state index contributed by atoms with van der Waals surface area (Å²) in [5.41, 5.74) is 2.15. The van der Waals surface area contributed by atoms with Crippen molar-refractivity contribution in [1.82, 2.24) is 15.6 Å². The highest BCUT2D eigenvalue weighted by atomic mass is 16.1. The van der Waals surface area contributed by atoms with E-state index in [-0.39, 0.29) is 5.91 Å². The molecule has 0 aliphatic carbocycles. The second-order valence-electron chi connectivity index (χ2n) is 4.98. The van der Waals surface area contributed by atoms with E-state index in [0.717, 1.165) is 17.3 Å². The molecule has 0 radical (unpaired) electrons. The Kier molecular flexibility index (Phi) is 5.07. The smallest absolute Gasteiger partial charge is 0.220 e. The second kappa shape index (κ2) is 7.01. The van der Waals surface area contributed by atoms with Crippen molar-refractivity contribution >= 4 is 16.8 Å². The predicted octanol–water partition coefficient (Wildman–Crippen LogP) is 1.89. The number of carbonyl (C=O) groups excluding carboxylic acids is 1. The number of hydrogen-bond donors (Lipinski definition) is 2. The molecule has 0 saturated carbocycles. The number of aromatic nitrogens is 1. The summed E-state index contributed by atoms with van der Waals surface area (Å²) in [6, 6.07) is 10.3. The van der Waals surface area contributed by atoms with Crippen LogP contribution in [0.5, 0.6) is 0 Å². The van der Waals surface area contributed by atoms with Crippen LogP contribution in [-0.2, 0) is 11.2 Å². The zero-order valence-corrected chi connectivity index (χ0v) is 12.0. The number of carbonyl (C=O) groups is 1. The van der Waals surface area contributed by atoms with Gasteiger partial charge in [0, 0.05) is 30.6 Å². The van der Waals surface area contributed by atoms with Crippen molar-refractivity contribution in [2.75, 3.05) is 13.6 Å². The fraction of sp³-hybridized carbons (Fsp3) is 0.375. The van der Waals surface area contributed by atoms with E-state index in [1.54, 1.807) is 6.20 Å². The van der Waals surface area contributed by atoms with Gasteiger partial charge in [0.15, 0.2) is 0 Å². The normalized spacial score (nSPS) is 12.3. The third kappa shape index (κ3) is 3.78. The largest absolute Gasteiger partial charge is 0.355 e. The molecule has 2 rings (SSSR count). The zero-order valence-electron chi connectivity index (χ0n) is 12.0. The maximum Gasteiger partial charge on any atom is 0.220 e. The van der Waals surface area contributed by atoms with Crippen LogP contribution in [0, 0.1) is 0 Å². The number of nitrogens with one attached hydrogen (secondary N) is 2. The molecule has 0 aliphatic heterocycles. The quantitative estimate of drug-likeness (QED) is 0.843. The molecule has 0 aliphatic rings. The number of nitrogens with zero attached hydrogens (tertiary/aromatic N) is 1. The third-order valence-electron chi connectivity index (χ3n) is 3.46. The Hall–Kier alpha value is -1.94. The molecule has 1 atom stereocenters. The SMILES string of the molecule is CNC(C)CNC(=O)CCc1ccnc2ccccc12. The Morgan fingerprint density at radius 2 is 2.10 bits per heavy atom. The first kappa shape index (κ1) is 14.5.